The highest BCUT2D eigenvalue weighted by Gasteiger charge is 1.92. The predicted octanol–water partition coefficient (Wildman–Crippen LogP) is 2.92. The summed E-state index contributed by atoms with van der Waals surface area (Å²) in [5.41, 5.74) is 0.696. The molecule has 0 saturated heterocycles. The Balaban J connectivity index is 2.66. The Kier molecular flexibility index (Phi) is 1.97. The van der Waals surface area contributed by atoms with Crippen molar-refractivity contribution in [1.82, 2.24) is 0 Å². The van der Waals surface area contributed by atoms with E-state index in [0.29, 0.717) is 5.56 Å². The third-order valence-electron chi connectivity index (χ3n) is 1.88. The molecule has 0 aliphatic heterocycles. The molecular weight excluding hydrogens is 163 g/mol. The zero-order valence-corrected chi connectivity index (χ0v) is 6.84. The molecule has 2 aromatic rings. The Bertz CT molecular complexity index is 489. The minimum Gasteiger partial charge on any atom is -0.144 e. The maximum Gasteiger partial charge on any atom is 0.111 e. The van der Waals surface area contributed by atoms with E-state index >= 15 is 0 Å². The summed E-state index contributed by atoms with van der Waals surface area (Å²) in [6.07, 6.45) is 1.39. The molecule has 0 amide bonds. The fourth-order valence-corrected chi connectivity index (χ4v) is 1.26. The average Bonchev–Trinajstić information content (AvgIpc) is 2.18. The monoisotopic (exact) mass is 169 g/mol. The van der Waals surface area contributed by atoms with Crippen LogP contribution < -0.4 is 0 Å². The number of halogens is 1. The van der Waals surface area contributed by atoms with Crippen molar-refractivity contribution in [3.05, 3.63) is 48.0 Å². The van der Waals surface area contributed by atoms with Crippen molar-refractivity contribution in [1.29, 1.82) is 0 Å². The fourth-order valence-electron chi connectivity index (χ4n) is 1.26. The van der Waals surface area contributed by atoms with E-state index in [0.717, 1.165) is 10.8 Å². The van der Waals surface area contributed by atoms with Crippen molar-refractivity contribution in [3.63, 3.8) is 0 Å². The van der Waals surface area contributed by atoms with Crippen LogP contribution in [0.15, 0.2) is 36.4 Å². The van der Waals surface area contributed by atoms with E-state index in [4.69, 9.17) is 0 Å². The summed E-state index contributed by atoms with van der Waals surface area (Å²) in [5, 5.41) is 2.14. The second-order valence-corrected chi connectivity index (χ2v) is 2.71. The van der Waals surface area contributed by atoms with Crippen LogP contribution in [0.4, 0.5) is 4.39 Å². The summed E-state index contributed by atoms with van der Waals surface area (Å²) in [6, 6.07) is 14.2. The molecule has 0 saturated carbocycles. The van der Waals surface area contributed by atoms with Gasteiger partial charge in [-0.25, -0.2) is 0 Å². The van der Waals surface area contributed by atoms with Crippen molar-refractivity contribution in [2.45, 2.75) is 0 Å². The molecule has 0 fully saturated rings. The first-order valence-electron chi connectivity index (χ1n) is 3.92. The Hall–Kier alpha value is -1.81. The third-order valence-corrected chi connectivity index (χ3v) is 1.88. The van der Waals surface area contributed by atoms with Gasteiger partial charge in [0, 0.05) is 5.56 Å². The Morgan fingerprint density at radius 3 is 2.92 bits per heavy atom. The Morgan fingerprint density at radius 1 is 1.15 bits per heavy atom. The van der Waals surface area contributed by atoms with Crippen LogP contribution in [0.25, 0.3) is 10.8 Å². The highest BCUT2D eigenvalue weighted by molar-refractivity contribution is 5.83. The van der Waals surface area contributed by atoms with Gasteiger partial charge in [0.05, 0.1) is 0 Å². The number of hydrogen-bond acceptors (Lipinski definition) is 0. The molecule has 61 valence electrons. The highest BCUT2D eigenvalue weighted by atomic mass is 19.1. The van der Waals surface area contributed by atoms with Crippen LogP contribution in [0.1, 0.15) is 5.56 Å². The van der Waals surface area contributed by atoms with E-state index in [1.54, 1.807) is 6.07 Å². The minimum atomic E-state index is 0.696. The largest absolute Gasteiger partial charge is 0.144 e. The number of hydrogen-bond donors (Lipinski definition) is 0. The van der Waals surface area contributed by atoms with Crippen LogP contribution in [0.5, 0.6) is 0 Å². The standard InChI is InChI=1S/C12H6F/c13-8-7-10-5-6-11-3-1-2-4-12(11)9-10/h2-6,9H. The molecule has 1 radical (unpaired) electrons. The van der Waals surface area contributed by atoms with Gasteiger partial charge < -0.3 is 0 Å². The summed E-state index contributed by atoms with van der Waals surface area (Å²) < 4.78 is 11.7. The molecule has 13 heavy (non-hydrogen) atoms. The predicted molar refractivity (Wildman–Crippen MR) is 50.8 cm³/mol. The maximum atomic E-state index is 11.7. The van der Waals surface area contributed by atoms with E-state index < -0.39 is 0 Å². The lowest BCUT2D eigenvalue weighted by Gasteiger charge is -1.96. The molecule has 0 nitrogen and oxygen atoms in total. The van der Waals surface area contributed by atoms with Crippen LogP contribution >= 0.6 is 0 Å². The third kappa shape index (κ3) is 1.52. The smallest absolute Gasteiger partial charge is 0.111 e. The highest BCUT2D eigenvalue weighted by Crippen LogP contribution is 2.14. The van der Waals surface area contributed by atoms with E-state index in [9.17, 15) is 4.39 Å². The second-order valence-electron chi connectivity index (χ2n) is 2.71. The lowest BCUT2D eigenvalue weighted by atomic mass is 10.1. The summed E-state index contributed by atoms with van der Waals surface area (Å²) in [7, 11) is 0. The van der Waals surface area contributed by atoms with Crippen LogP contribution in [0.2, 0.25) is 0 Å². The van der Waals surface area contributed by atoms with Gasteiger partial charge in [-0.2, -0.15) is 0 Å². The van der Waals surface area contributed by atoms with E-state index in [1.165, 1.54) is 6.17 Å². The van der Waals surface area contributed by atoms with Crippen molar-refractivity contribution >= 4 is 10.8 Å². The first kappa shape index (κ1) is 7.82. The molecule has 0 aliphatic carbocycles. The van der Waals surface area contributed by atoms with E-state index in [1.807, 2.05) is 30.3 Å². The molecule has 1 heteroatoms. The minimum absolute atomic E-state index is 0.696. The number of benzene rings is 2. The lowest BCUT2D eigenvalue weighted by molar-refractivity contribution is 0.774. The Labute approximate surface area is 76.0 Å². The first-order valence-corrected chi connectivity index (χ1v) is 3.92. The Morgan fingerprint density at radius 2 is 2.08 bits per heavy atom. The molecule has 0 unspecified atom stereocenters. The lowest BCUT2D eigenvalue weighted by Crippen LogP contribution is -1.75. The zero-order chi connectivity index (χ0) is 9.10. The van der Waals surface area contributed by atoms with Crippen molar-refractivity contribution < 1.29 is 4.39 Å². The molecule has 0 atom stereocenters. The summed E-state index contributed by atoms with van der Waals surface area (Å²) in [4.78, 5) is 0. The van der Waals surface area contributed by atoms with Gasteiger partial charge in [0.15, 0.2) is 0 Å². The van der Waals surface area contributed by atoms with Crippen molar-refractivity contribution in [3.8, 4) is 12.1 Å². The van der Waals surface area contributed by atoms with Crippen molar-refractivity contribution in [2.24, 2.45) is 0 Å². The van der Waals surface area contributed by atoms with Gasteiger partial charge in [0.25, 0.3) is 0 Å². The van der Waals surface area contributed by atoms with Gasteiger partial charge in [0.1, 0.15) is 6.17 Å². The average molecular weight is 169 g/mol. The summed E-state index contributed by atoms with van der Waals surface area (Å²) in [5.74, 6) is 2.37. The van der Waals surface area contributed by atoms with Gasteiger partial charge in [0.2, 0.25) is 0 Å². The molecule has 0 bridgehead atoms. The fraction of sp³-hybridized carbons (Fsp3) is 0. The van der Waals surface area contributed by atoms with Gasteiger partial charge in [-0.15, -0.1) is 4.39 Å². The van der Waals surface area contributed by atoms with Gasteiger partial charge in [-0.05, 0) is 41.0 Å². The summed E-state index contributed by atoms with van der Waals surface area (Å²) in [6.45, 7) is 0. The topological polar surface area (TPSA) is 0 Å². The molecule has 0 heterocycles. The quantitative estimate of drug-likeness (QED) is 0.532. The number of rotatable bonds is 0. The first-order chi connectivity index (χ1) is 6.40. The van der Waals surface area contributed by atoms with Crippen molar-refractivity contribution in [2.75, 3.05) is 0 Å². The second kappa shape index (κ2) is 3.28. The van der Waals surface area contributed by atoms with E-state index in [-0.39, 0.29) is 0 Å². The van der Waals surface area contributed by atoms with Gasteiger partial charge >= 0.3 is 0 Å². The molecule has 2 rings (SSSR count). The SMILES string of the molecule is FC#Cc1ccc2c[c]ccc2c1. The van der Waals surface area contributed by atoms with Crippen LogP contribution in [0, 0.1) is 18.2 Å². The normalized spacial score (nSPS) is 9.31. The van der Waals surface area contributed by atoms with Crippen LogP contribution in [-0.2, 0) is 0 Å². The summed E-state index contributed by atoms with van der Waals surface area (Å²) >= 11 is 0. The van der Waals surface area contributed by atoms with Crippen LogP contribution in [-0.4, -0.2) is 0 Å². The van der Waals surface area contributed by atoms with Crippen LogP contribution in [0.3, 0.4) is 0 Å². The molecule has 2 aromatic carbocycles. The van der Waals surface area contributed by atoms with Gasteiger partial charge in [-0.1, -0.05) is 18.2 Å². The molecule has 0 N–H and O–H groups in total. The number of fused-ring (bicyclic) bond motifs is 1. The molecule has 0 aliphatic rings. The zero-order valence-electron chi connectivity index (χ0n) is 6.84. The molecule has 0 aromatic heterocycles. The maximum absolute atomic E-state index is 11.7. The molecular formula is C12H6F. The molecule has 0 spiro atoms. The van der Waals surface area contributed by atoms with Gasteiger partial charge in [-0.3, -0.25) is 0 Å². The van der Waals surface area contributed by atoms with E-state index in [2.05, 4.69) is 12.0 Å².